The maximum Gasteiger partial charge on any atom is 0.311 e. The summed E-state index contributed by atoms with van der Waals surface area (Å²) >= 11 is 1.15. The number of aliphatic imine (C=N–C) groups is 1. The molecule has 0 heterocycles. The van der Waals surface area contributed by atoms with E-state index in [0.717, 1.165) is 23.9 Å². The number of nitro groups is 2. The van der Waals surface area contributed by atoms with E-state index in [1.165, 1.54) is 12.3 Å². The Kier molecular flexibility index (Phi) is 5.74. The lowest BCUT2D eigenvalue weighted by Crippen LogP contribution is -1.92. The second-order valence-corrected chi connectivity index (χ2v) is 6.79. The second kappa shape index (κ2) is 8.40. The zero-order chi connectivity index (χ0) is 21.0. The number of phenolic OH excluding ortho intramolecular Hbond substituents is 2. The summed E-state index contributed by atoms with van der Waals surface area (Å²) in [4.78, 5) is 26.2. The van der Waals surface area contributed by atoms with Crippen molar-refractivity contribution in [1.29, 1.82) is 0 Å². The van der Waals surface area contributed by atoms with E-state index < -0.39 is 21.3 Å². The summed E-state index contributed by atoms with van der Waals surface area (Å²) in [5, 5.41) is 41.7. The van der Waals surface area contributed by atoms with Gasteiger partial charge in [0.25, 0.3) is 5.69 Å². The van der Waals surface area contributed by atoms with Crippen molar-refractivity contribution < 1.29 is 20.1 Å². The molecule has 0 radical (unpaired) electrons. The van der Waals surface area contributed by atoms with Gasteiger partial charge in [-0.2, -0.15) is 0 Å². The molecule has 3 aromatic rings. The second-order valence-electron chi connectivity index (χ2n) is 5.71. The van der Waals surface area contributed by atoms with Gasteiger partial charge >= 0.3 is 5.69 Å². The average molecular weight is 411 g/mol. The Morgan fingerprint density at radius 3 is 2.14 bits per heavy atom. The number of rotatable bonds is 6. The van der Waals surface area contributed by atoms with E-state index in [9.17, 15) is 30.4 Å². The molecule has 0 aliphatic carbocycles. The Morgan fingerprint density at radius 1 is 0.828 bits per heavy atom. The fourth-order valence-electron chi connectivity index (χ4n) is 2.43. The zero-order valence-electron chi connectivity index (χ0n) is 14.6. The van der Waals surface area contributed by atoms with Crippen LogP contribution < -0.4 is 0 Å². The van der Waals surface area contributed by atoms with Crippen molar-refractivity contribution in [3.05, 3.63) is 86.5 Å². The number of para-hydroxylation sites is 2. The minimum Gasteiger partial charge on any atom is -0.507 e. The Hall–Kier alpha value is -3.92. The Labute approximate surface area is 168 Å². The van der Waals surface area contributed by atoms with Gasteiger partial charge in [0.15, 0.2) is 5.75 Å². The van der Waals surface area contributed by atoms with Crippen molar-refractivity contribution >= 4 is 35.0 Å². The predicted octanol–water partition coefficient (Wildman–Crippen LogP) is 4.82. The fraction of sp³-hybridized carbons (Fsp3) is 0. The van der Waals surface area contributed by atoms with Crippen molar-refractivity contribution in [1.82, 2.24) is 0 Å². The molecule has 0 atom stereocenters. The number of hydrogen-bond acceptors (Lipinski definition) is 8. The van der Waals surface area contributed by atoms with Gasteiger partial charge in [0, 0.05) is 34.9 Å². The fourth-order valence-corrected chi connectivity index (χ4v) is 3.44. The van der Waals surface area contributed by atoms with Crippen molar-refractivity contribution in [2.75, 3.05) is 0 Å². The first kappa shape index (κ1) is 19.8. The average Bonchev–Trinajstić information content (AvgIpc) is 2.68. The maximum absolute atomic E-state index is 11.2. The molecule has 0 bridgehead atoms. The summed E-state index contributed by atoms with van der Waals surface area (Å²) < 4.78 is 0. The van der Waals surface area contributed by atoms with Crippen LogP contribution in [0.1, 0.15) is 5.56 Å². The van der Waals surface area contributed by atoms with E-state index in [1.54, 1.807) is 42.5 Å². The normalized spacial score (nSPS) is 10.9. The van der Waals surface area contributed by atoms with Crippen LogP contribution in [0.2, 0.25) is 0 Å². The molecule has 0 unspecified atom stereocenters. The summed E-state index contributed by atoms with van der Waals surface area (Å²) in [7, 11) is 0. The molecule has 0 amide bonds. The van der Waals surface area contributed by atoms with E-state index in [4.69, 9.17) is 0 Å². The molecule has 9 nitrogen and oxygen atoms in total. The molecule has 0 aliphatic heterocycles. The molecular weight excluding hydrogens is 398 g/mol. The summed E-state index contributed by atoms with van der Waals surface area (Å²) in [6.07, 6.45) is 1.22. The zero-order valence-corrected chi connectivity index (χ0v) is 15.4. The maximum atomic E-state index is 11.2. The first-order valence-corrected chi connectivity index (χ1v) is 8.93. The van der Waals surface area contributed by atoms with Crippen molar-refractivity contribution in [3.8, 4) is 11.5 Å². The molecule has 3 rings (SSSR count). The SMILES string of the molecule is O=[N+]([O-])c1cc(C=Nc2ccccc2Sc2ccccc2[N+](=O)[O-])c(O)cc1O. The highest BCUT2D eigenvalue weighted by molar-refractivity contribution is 7.99. The van der Waals surface area contributed by atoms with Gasteiger partial charge < -0.3 is 10.2 Å². The van der Waals surface area contributed by atoms with Crippen LogP contribution in [0.25, 0.3) is 0 Å². The molecule has 0 aliphatic rings. The molecule has 2 N–H and O–H groups in total. The van der Waals surface area contributed by atoms with Gasteiger partial charge in [-0.05, 0) is 18.2 Å². The van der Waals surface area contributed by atoms with Crippen LogP contribution in [0, 0.1) is 20.2 Å². The highest BCUT2D eigenvalue weighted by atomic mass is 32.2. The van der Waals surface area contributed by atoms with Gasteiger partial charge in [-0.3, -0.25) is 25.2 Å². The summed E-state index contributed by atoms with van der Waals surface area (Å²) in [6.45, 7) is 0. The lowest BCUT2D eigenvalue weighted by Gasteiger charge is -2.06. The quantitative estimate of drug-likeness (QED) is 0.337. The van der Waals surface area contributed by atoms with Crippen molar-refractivity contribution in [2.24, 2.45) is 4.99 Å². The van der Waals surface area contributed by atoms with Crippen LogP contribution in [0.15, 0.2) is 75.4 Å². The van der Waals surface area contributed by atoms with Crippen molar-refractivity contribution in [2.45, 2.75) is 9.79 Å². The Morgan fingerprint density at radius 2 is 1.45 bits per heavy atom. The van der Waals surface area contributed by atoms with Gasteiger partial charge in [0.05, 0.1) is 20.4 Å². The molecule has 146 valence electrons. The molecule has 0 fully saturated rings. The molecule has 0 spiro atoms. The summed E-state index contributed by atoms with van der Waals surface area (Å²) in [5.74, 6) is -1.03. The van der Waals surface area contributed by atoms with Gasteiger partial charge in [0.1, 0.15) is 5.75 Å². The molecule has 29 heavy (non-hydrogen) atoms. The van der Waals surface area contributed by atoms with E-state index in [-0.39, 0.29) is 17.0 Å². The van der Waals surface area contributed by atoms with E-state index in [2.05, 4.69) is 4.99 Å². The van der Waals surface area contributed by atoms with Gasteiger partial charge in [-0.15, -0.1) is 0 Å². The molecule has 0 saturated heterocycles. The number of nitro benzene ring substituents is 2. The van der Waals surface area contributed by atoms with Crippen LogP contribution in [0.5, 0.6) is 11.5 Å². The lowest BCUT2D eigenvalue weighted by molar-refractivity contribution is -0.387. The van der Waals surface area contributed by atoms with Crippen LogP contribution >= 0.6 is 11.8 Å². The third-order valence-corrected chi connectivity index (χ3v) is 4.94. The topological polar surface area (TPSA) is 139 Å². The van der Waals surface area contributed by atoms with Crippen LogP contribution in [0.4, 0.5) is 17.1 Å². The first-order chi connectivity index (χ1) is 13.9. The summed E-state index contributed by atoms with van der Waals surface area (Å²) in [6, 6.07) is 15.0. The Bertz CT molecular complexity index is 1130. The monoisotopic (exact) mass is 411 g/mol. The summed E-state index contributed by atoms with van der Waals surface area (Å²) in [5.41, 5.74) is -0.110. The van der Waals surface area contributed by atoms with Crippen molar-refractivity contribution in [3.63, 3.8) is 0 Å². The number of hydrogen-bond donors (Lipinski definition) is 2. The third-order valence-electron chi connectivity index (χ3n) is 3.81. The number of nitrogens with zero attached hydrogens (tertiary/aromatic N) is 3. The van der Waals surface area contributed by atoms with Gasteiger partial charge in [-0.25, -0.2) is 0 Å². The molecule has 3 aromatic carbocycles. The largest absolute Gasteiger partial charge is 0.507 e. The van der Waals surface area contributed by atoms with Gasteiger partial charge in [-0.1, -0.05) is 36.0 Å². The minimum atomic E-state index is -0.773. The molecule has 0 aromatic heterocycles. The standard InChI is InChI=1S/C19H13N3O6S/c23-16-10-17(24)15(22(27)28)9-12(16)11-20-13-5-1-3-7-18(13)29-19-8-4-2-6-14(19)21(25)26/h1-11,23-24H. The minimum absolute atomic E-state index is 0.0388. The van der Waals surface area contributed by atoms with Crippen LogP contribution in [0.3, 0.4) is 0 Å². The lowest BCUT2D eigenvalue weighted by atomic mass is 10.1. The van der Waals surface area contributed by atoms with Crippen LogP contribution in [-0.2, 0) is 0 Å². The van der Waals surface area contributed by atoms with Crippen LogP contribution in [-0.4, -0.2) is 26.3 Å². The van der Waals surface area contributed by atoms with Gasteiger partial charge in [0.2, 0.25) is 0 Å². The van der Waals surface area contributed by atoms with E-state index in [1.807, 2.05) is 0 Å². The Balaban J connectivity index is 1.96. The molecule has 0 saturated carbocycles. The predicted molar refractivity (Wildman–Crippen MR) is 107 cm³/mol. The smallest absolute Gasteiger partial charge is 0.311 e. The number of aromatic hydroxyl groups is 2. The highest BCUT2D eigenvalue weighted by Crippen LogP contribution is 2.39. The molecular formula is C19H13N3O6S. The third kappa shape index (κ3) is 4.50. The highest BCUT2D eigenvalue weighted by Gasteiger charge is 2.17. The number of benzene rings is 3. The molecule has 10 heteroatoms. The van der Waals surface area contributed by atoms with E-state index >= 15 is 0 Å². The van der Waals surface area contributed by atoms with E-state index in [0.29, 0.717) is 15.5 Å². The number of phenols is 2. The first-order valence-electron chi connectivity index (χ1n) is 8.11.